The lowest BCUT2D eigenvalue weighted by molar-refractivity contribution is 0.116. The topological polar surface area (TPSA) is 41.6 Å². The molecule has 0 bridgehead atoms. The molecular weight excluding hydrogens is 252 g/mol. The minimum absolute atomic E-state index is 0.0702. The monoisotopic (exact) mass is 276 g/mol. The van der Waals surface area contributed by atoms with Gasteiger partial charge in [0.25, 0.3) is 0 Å². The summed E-state index contributed by atoms with van der Waals surface area (Å²) in [6.45, 7) is 7.36. The van der Waals surface area contributed by atoms with E-state index in [1.54, 1.807) is 4.90 Å². The Hall–Kier alpha value is -1.55. The van der Waals surface area contributed by atoms with Gasteiger partial charge in [-0.1, -0.05) is 18.2 Å². The smallest absolute Gasteiger partial charge is 0.322 e. The lowest BCUT2D eigenvalue weighted by Crippen LogP contribution is -2.50. The molecule has 0 radical (unpaired) electrons. The molecule has 2 rings (SSSR count). The lowest BCUT2D eigenvalue weighted by atomic mass is 10.1. The molecule has 1 aromatic rings. The first-order valence-corrected chi connectivity index (χ1v) is 7.22. The van der Waals surface area contributed by atoms with Crippen molar-refractivity contribution in [1.29, 1.82) is 0 Å². The first-order valence-electron chi connectivity index (χ1n) is 7.22. The number of urea groups is 1. The zero-order valence-corrected chi connectivity index (χ0v) is 12.6. The average Bonchev–Trinajstić information content (AvgIpc) is 2.87. The first kappa shape index (κ1) is 14.9. The number of nitrogens with one attached hydrogen (secondary N) is 1. The van der Waals surface area contributed by atoms with E-state index in [2.05, 4.69) is 5.32 Å². The summed E-state index contributed by atoms with van der Waals surface area (Å²) in [5.74, 6) is 0. The maximum absolute atomic E-state index is 12.5. The van der Waals surface area contributed by atoms with Crippen LogP contribution in [0.2, 0.25) is 0 Å². The van der Waals surface area contributed by atoms with Gasteiger partial charge in [0.15, 0.2) is 0 Å². The van der Waals surface area contributed by atoms with Crippen LogP contribution in [0, 0.1) is 0 Å². The molecule has 1 atom stereocenters. The van der Waals surface area contributed by atoms with Crippen LogP contribution in [0.1, 0.15) is 33.6 Å². The van der Waals surface area contributed by atoms with E-state index in [4.69, 9.17) is 4.74 Å². The third-order valence-corrected chi connectivity index (χ3v) is 3.21. The van der Waals surface area contributed by atoms with Crippen LogP contribution in [0.4, 0.5) is 10.5 Å². The number of para-hydroxylation sites is 1. The molecule has 110 valence electrons. The average molecular weight is 276 g/mol. The van der Waals surface area contributed by atoms with Crippen LogP contribution in [-0.4, -0.2) is 30.8 Å². The molecule has 1 fully saturated rings. The molecule has 20 heavy (non-hydrogen) atoms. The number of anilines is 1. The van der Waals surface area contributed by atoms with Crippen molar-refractivity contribution in [3.8, 4) is 0 Å². The number of amides is 2. The summed E-state index contributed by atoms with van der Waals surface area (Å²) in [5, 5.41) is 3.02. The van der Waals surface area contributed by atoms with Gasteiger partial charge in [0.2, 0.25) is 0 Å². The second kappa shape index (κ2) is 6.27. The number of rotatable bonds is 3. The van der Waals surface area contributed by atoms with Gasteiger partial charge in [0.05, 0.1) is 12.6 Å². The Kier molecular flexibility index (Phi) is 4.65. The quantitative estimate of drug-likeness (QED) is 0.921. The molecule has 1 aliphatic heterocycles. The van der Waals surface area contributed by atoms with Gasteiger partial charge in [-0.15, -0.1) is 0 Å². The van der Waals surface area contributed by atoms with Gasteiger partial charge in [0.1, 0.15) is 0 Å². The van der Waals surface area contributed by atoms with Crippen molar-refractivity contribution >= 4 is 11.7 Å². The summed E-state index contributed by atoms with van der Waals surface area (Å²) in [6.07, 6.45) is 2.24. The van der Waals surface area contributed by atoms with Gasteiger partial charge in [-0.25, -0.2) is 4.79 Å². The molecule has 0 aliphatic carbocycles. The van der Waals surface area contributed by atoms with Crippen LogP contribution in [0.3, 0.4) is 0 Å². The predicted octanol–water partition coefficient (Wildman–Crippen LogP) is 3.18. The fourth-order valence-electron chi connectivity index (χ4n) is 2.29. The van der Waals surface area contributed by atoms with Crippen molar-refractivity contribution in [2.75, 3.05) is 18.1 Å². The molecule has 1 unspecified atom stereocenters. The van der Waals surface area contributed by atoms with Gasteiger partial charge >= 0.3 is 6.03 Å². The Bertz CT molecular complexity index is 434. The van der Waals surface area contributed by atoms with Gasteiger partial charge in [-0.05, 0) is 45.7 Å². The third kappa shape index (κ3) is 4.23. The van der Waals surface area contributed by atoms with Crippen LogP contribution in [0.25, 0.3) is 0 Å². The molecular formula is C16H24N2O2. The van der Waals surface area contributed by atoms with Crippen molar-refractivity contribution in [3.05, 3.63) is 30.3 Å². The summed E-state index contributed by atoms with van der Waals surface area (Å²) in [6, 6.07) is 9.69. The van der Waals surface area contributed by atoms with Gasteiger partial charge in [-0.3, -0.25) is 4.90 Å². The number of benzene rings is 1. The molecule has 0 spiro atoms. The molecule has 1 N–H and O–H groups in total. The zero-order valence-electron chi connectivity index (χ0n) is 12.6. The predicted molar refractivity (Wildman–Crippen MR) is 81.0 cm³/mol. The van der Waals surface area contributed by atoms with Gasteiger partial charge in [-0.2, -0.15) is 0 Å². The third-order valence-electron chi connectivity index (χ3n) is 3.21. The van der Waals surface area contributed by atoms with E-state index in [9.17, 15) is 4.79 Å². The number of carbonyl (C=O) groups excluding carboxylic acids is 1. The fraction of sp³-hybridized carbons (Fsp3) is 0.562. The van der Waals surface area contributed by atoms with Crippen LogP contribution in [-0.2, 0) is 4.74 Å². The SMILES string of the molecule is CC(C)(C)NC(=O)N(CC1CCCO1)c1ccccc1. The highest BCUT2D eigenvalue weighted by molar-refractivity contribution is 5.92. The Morgan fingerprint density at radius 3 is 2.60 bits per heavy atom. The minimum Gasteiger partial charge on any atom is -0.376 e. The van der Waals surface area contributed by atoms with Crippen molar-refractivity contribution < 1.29 is 9.53 Å². The van der Waals surface area contributed by atoms with E-state index in [1.165, 1.54) is 0 Å². The van der Waals surface area contributed by atoms with Crippen molar-refractivity contribution in [1.82, 2.24) is 5.32 Å². The standard InChI is InChI=1S/C16H24N2O2/c1-16(2,3)17-15(19)18(12-14-10-7-11-20-14)13-8-5-4-6-9-13/h4-6,8-9,14H,7,10-12H2,1-3H3,(H,17,19). The van der Waals surface area contributed by atoms with Crippen LogP contribution in [0.5, 0.6) is 0 Å². The van der Waals surface area contributed by atoms with E-state index in [0.717, 1.165) is 25.1 Å². The number of carbonyl (C=O) groups is 1. The summed E-state index contributed by atoms with van der Waals surface area (Å²) in [5.41, 5.74) is 0.658. The maximum Gasteiger partial charge on any atom is 0.322 e. The highest BCUT2D eigenvalue weighted by Crippen LogP contribution is 2.19. The van der Waals surface area contributed by atoms with Gasteiger partial charge < -0.3 is 10.1 Å². The first-order chi connectivity index (χ1) is 9.46. The van der Waals surface area contributed by atoms with Crippen LogP contribution >= 0.6 is 0 Å². The van der Waals surface area contributed by atoms with E-state index < -0.39 is 0 Å². The molecule has 2 amide bonds. The van der Waals surface area contributed by atoms with Crippen LogP contribution < -0.4 is 10.2 Å². The second-order valence-electron chi connectivity index (χ2n) is 6.26. The largest absolute Gasteiger partial charge is 0.376 e. The van der Waals surface area contributed by atoms with E-state index in [-0.39, 0.29) is 17.7 Å². The summed E-state index contributed by atoms with van der Waals surface area (Å²) in [4.78, 5) is 14.3. The number of ether oxygens (including phenoxy) is 1. The fourth-order valence-corrected chi connectivity index (χ4v) is 2.29. The Morgan fingerprint density at radius 2 is 2.05 bits per heavy atom. The van der Waals surface area contributed by atoms with E-state index in [1.807, 2.05) is 51.1 Å². The maximum atomic E-state index is 12.5. The molecule has 0 saturated carbocycles. The highest BCUT2D eigenvalue weighted by Gasteiger charge is 2.25. The van der Waals surface area contributed by atoms with Crippen molar-refractivity contribution in [2.45, 2.75) is 45.3 Å². The summed E-state index contributed by atoms with van der Waals surface area (Å²) >= 11 is 0. The lowest BCUT2D eigenvalue weighted by Gasteiger charge is -2.30. The number of nitrogens with zero attached hydrogens (tertiary/aromatic N) is 1. The normalized spacial score (nSPS) is 18.9. The molecule has 4 heteroatoms. The highest BCUT2D eigenvalue weighted by atomic mass is 16.5. The summed E-state index contributed by atoms with van der Waals surface area (Å²) < 4.78 is 5.66. The molecule has 1 heterocycles. The Labute approximate surface area is 121 Å². The van der Waals surface area contributed by atoms with Crippen molar-refractivity contribution in [3.63, 3.8) is 0 Å². The molecule has 1 saturated heterocycles. The van der Waals surface area contributed by atoms with E-state index in [0.29, 0.717) is 6.54 Å². The summed E-state index contributed by atoms with van der Waals surface area (Å²) in [7, 11) is 0. The Balaban J connectivity index is 2.13. The van der Waals surface area contributed by atoms with Gasteiger partial charge in [0, 0.05) is 17.8 Å². The molecule has 1 aromatic carbocycles. The Morgan fingerprint density at radius 1 is 1.35 bits per heavy atom. The van der Waals surface area contributed by atoms with E-state index >= 15 is 0 Å². The molecule has 1 aliphatic rings. The second-order valence-corrected chi connectivity index (χ2v) is 6.26. The molecule has 0 aromatic heterocycles. The number of hydrogen-bond acceptors (Lipinski definition) is 2. The zero-order chi connectivity index (χ0) is 14.6. The van der Waals surface area contributed by atoms with Crippen LogP contribution in [0.15, 0.2) is 30.3 Å². The minimum atomic E-state index is -0.249. The molecule has 4 nitrogen and oxygen atoms in total. The van der Waals surface area contributed by atoms with Crippen molar-refractivity contribution in [2.24, 2.45) is 0 Å². The number of hydrogen-bond donors (Lipinski definition) is 1.